The Morgan fingerprint density at radius 1 is 1.17 bits per heavy atom. The third kappa shape index (κ3) is 4.42. The minimum atomic E-state index is -4.42. The smallest absolute Gasteiger partial charge is 0.300 e. The number of aromatic nitrogens is 2. The van der Waals surface area contributed by atoms with E-state index in [2.05, 4.69) is 10.00 Å². The van der Waals surface area contributed by atoms with Gasteiger partial charge in [-0.3, -0.25) is 9.58 Å². The van der Waals surface area contributed by atoms with Gasteiger partial charge in [-0.25, -0.2) is 8.42 Å². The molecule has 30 heavy (non-hydrogen) atoms. The van der Waals surface area contributed by atoms with Gasteiger partial charge in [0.05, 0.1) is 11.5 Å². The molecule has 2 saturated heterocycles. The molecule has 4 rings (SSSR count). The molecule has 0 unspecified atom stereocenters. The molecule has 1 aromatic heterocycles. The predicted molar refractivity (Wildman–Crippen MR) is 109 cm³/mol. The van der Waals surface area contributed by atoms with Gasteiger partial charge in [-0.15, -0.1) is 0 Å². The highest BCUT2D eigenvalue weighted by atomic mass is 32.2. The van der Waals surface area contributed by atoms with Crippen molar-refractivity contribution in [2.45, 2.75) is 83.0 Å². The van der Waals surface area contributed by atoms with Crippen molar-refractivity contribution in [1.82, 2.24) is 14.7 Å². The van der Waals surface area contributed by atoms with E-state index in [0.717, 1.165) is 58.0 Å². The van der Waals surface area contributed by atoms with E-state index in [4.69, 9.17) is 0 Å². The van der Waals surface area contributed by atoms with Gasteiger partial charge < -0.3 is 0 Å². The number of hydrogen-bond donors (Lipinski definition) is 0. The largest absolute Gasteiger partial charge is 0.435 e. The van der Waals surface area contributed by atoms with Crippen LogP contribution in [0.25, 0.3) is 0 Å². The molecule has 5 nitrogen and oxygen atoms in total. The number of nitrogens with zero attached hydrogens (tertiary/aromatic N) is 3. The van der Waals surface area contributed by atoms with E-state index in [9.17, 15) is 21.6 Å². The zero-order chi connectivity index (χ0) is 21.7. The van der Waals surface area contributed by atoms with E-state index in [-0.39, 0.29) is 17.4 Å². The highest BCUT2D eigenvalue weighted by Gasteiger charge is 2.46. The van der Waals surface area contributed by atoms with Crippen LogP contribution in [-0.4, -0.2) is 53.7 Å². The Bertz CT molecular complexity index is 873. The molecule has 0 bridgehead atoms. The molecule has 1 atom stereocenters. The van der Waals surface area contributed by atoms with Crippen LogP contribution in [0.4, 0.5) is 13.2 Å². The summed E-state index contributed by atoms with van der Waals surface area (Å²) in [6.07, 6.45) is 1.96. The maximum Gasteiger partial charge on any atom is 0.435 e. The Hall–Kier alpha value is -1.09. The molecule has 0 amide bonds. The van der Waals surface area contributed by atoms with Gasteiger partial charge in [0.2, 0.25) is 0 Å². The first-order chi connectivity index (χ1) is 14.0. The van der Waals surface area contributed by atoms with Crippen molar-refractivity contribution in [2.24, 2.45) is 5.41 Å². The van der Waals surface area contributed by atoms with Gasteiger partial charge in [-0.1, -0.05) is 0 Å². The molecule has 1 saturated carbocycles. The van der Waals surface area contributed by atoms with E-state index in [0.29, 0.717) is 23.2 Å². The summed E-state index contributed by atoms with van der Waals surface area (Å²) < 4.78 is 65.2. The number of piperidine rings is 1. The summed E-state index contributed by atoms with van der Waals surface area (Å²) in [4.78, 5) is 2.47. The normalized spacial score (nSPS) is 32.9. The second kappa shape index (κ2) is 7.80. The minimum absolute atomic E-state index is 0.0776. The standard InChI is InChI=1S/C21H32F3N3O2S/c1-15(2)27-18(12-19(25-27)21(22,23)24)16-4-6-17(7-5-16)26-10-3-8-20(13-26)9-11-30(28,29)14-20/h12,15-17H,3-11,13-14H2,1-2H3/t16?,17?,20-/m1/s1. The molecule has 1 aromatic rings. The first-order valence-electron chi connectivity index (χ1n) is 11.1. The van der Waals surface area contributed by atoms with E-state index in [1.165, 1.54) is 6.07 Å². The van der Waals surface area contributed by atoms with Crippen LogP contribution in [0.3, 0.4) is 0 Å². The predicted octanol–water partition coefficient (Wildman–Crippen LogP) is 4.41. The van der Waals surface area contributed by atoms with Crippen LogP contribution in [0.15, 0.2) is 6.07 Å². The van der Waals surface area contributed by atoms with Crippen molar-refractivity contribution in [3.05, 3.63) is 17.5 Å². The van der Waals surface area contributed by atoms with Crippen molar-refractivity contribution in [1.29, 1.82) is 0 Å². The van der Waals surface area contributed by atoms with Gasteiger partial charge in [0, 0.05) is 30.2 Å². The highest BCUT2D eigenvalue weighted by molar-refractivity contribution is 7.91. The number of likely N-dealkylation sites (tertiary alicyclic amines) is 1. The van der Waals surface area contributed by atoms with Crippen LogP contribution >= 0.6 is 0 Å². The summed E-state index contributed by atoms with van der Waals surface area (Å²) in [5.41, 5.74) is -0.173. The molecular weight excluding hydrogens is 415 g/mol. The lowest BCUT2D eigenvalue weighted by Gasteiger charge is -2.45. The molecule has 3 heterocycles. The Morgan fingerprint density at radius 3 is 2.43 bits per heavy atom. The summed E-state index contributed by atoms with van der Waals surface area (Å²) in [6, 6.07) is 1.53. The lowest BCUT2D eigenvalue weighted by Crippen LogP contribution is -2.49. The number of hydrogen-bond acceptors (Lipinski definition) is 4. The zero-order valence-electron chi connectivity index (χ0n) is 17.8. The third-order valence-corrected chi connectivity index (χ3v) is 9.21. The zero-order valence-corrected chi connectivity index (χ0v) is 18.6. The summed E-state index contributed by atoms with van der Waals surface area (Å²) in [5.74, 6) is 0.728. The number of rotatable bonds is 3. The molecule has 1 aliphatic carbocycles. The van der Waals surface area contributed by atoms with E-state index < -0.39 is 21.7 Å². The first kappa shape index (κ1) is 22.1. The van der Waals surface area contributed by atoms with E-state index in [1.807, 2.05) is 13.8 Å². The van der Waals surface area contributed by atoms with Crippen molar-refractivity contribution in [2.75, 3.05) is 24.6 Å². The number of alkyl halides is 3. The molecule has 2 aliphatic heterocycles. The van der Waals surface area contributed by atoms with E-state index >= 15 is 0 Å². The lowest BCUT2D eigenvalue weighted by atomic mass is 9.77. The Kier molecular flexibility index (Phi) is 5.75. The van der Waals surface area contributed by atoms with Crippen LogP contribution in [0.5, 0.6) is 0 Å². The second-order valence-electron chi connectivity index (χ2n) is 9.91. The summed E-state index contributed by atoms with van der Waals surface area (Å²) in [7, 11) is -2.90. The molecular formula is C21H32F3N3O2S. The minimum Gasteiger partial charge on any atom is -0.300 e. The maximum absolute atomic E-state index is 13.2. The summed E-state index contributed by atoms with van der Waals surface area (Å²) >= 11 is 0. The molecule has 0 N–H and O–H groups in total. The summed E-state index contributed by atoms with van der Waals surface area (Å²) in [6.45, 7) is 5.58. The SMILES string of the molecule is CC(C)n1nc(C(F)(F)F)cc1C1CCC(N2CCC[C@@]3(CCS(=O)(=O)C3)C2)CC1. The molecule has 1 spiro atoms. The van der Waals surface area contributed by atoms with Crippen molar-refractivity contribution in [3.63, 3.8) is 0 Å². The lowest BCUT2D eigenvalue weighted by molar-refractivity contribution is -0.141. The van der Waals surface area contributed by atoms with Gasteiger partial charge in [-0.05, 0) is 76.8 Å². The number of sulfone groups is 1. The fraction of sp³-hybridized carbons (Fsp3) is 0.857. The molecule has 170 valence electrons. The van der Waals surface area contributed by atoms with Gasteiger partial charge in [0.15, 0.2) is 15.5 Å². The fourth-order valence-corrected chi connectivity index (χ4v) is 8.07. The Morgan fingerprint density at radius 2 is 1.87 bits per heavy atom. The van der Waals surface area contributed by atoms with Crippen LogP contribution in [0, 0.1) is 5.41 Å². The average Bonchev–Trinajstić information content (AvgIpc) is 3.24. The van der Waals surface area contributed by atoms with Crippen molar-refractivity contribution < 1.29 is 21.6 Å². The van der Waals surface area contributed by atoms with Crippen molar-refractivity contribution >= 4 is 9.84 Å². The third-order valence-electron chi connectivity index (χ3n) is 7.34. The van der Waals surface area contributed by atoms with Crippen LogP contribution in [-0.2, 0) is 16.0 Å². The van der Waals surface area contributed by atoms with Gasteiger partial charge >= 0.3 is 6.18 Å². The monoisotopic (exact) mass is 447 g/mol. The topological polar surface area (TPSA) is 55.2 Å². The van der Waals surface area contributed by atoms with Crippen molar-refractivity contribution in [3.8, 4) is 0 Å². The van der Waals surface area contributed by atoms with Gasteiger partial charge in [0.25, 0.3) is 0 Å². The van der Waals surface area contributed by atoms with Crippen LogP contribution < -0.4 is 0 Å². The molecule has 3 fully saturated rings. The van der Waals surface area contributed by atoms with E-state index in [1.54, 1.807) is 4.68 Å². The fourth-order valence-electron chi connectivity index (χ4n) is 5.87. The second-order valence-corrected chi connectivity index (χ2v) is 12.1. The maximum atomic E-state index is 13.2. The van der Waals surface area contributed by atoms with Gasteiger partial charge in [-0.2, -0.15) is 18.3 Å². The quantitative estimate of drug-likeness (QED) is 0.689. The first-order valence-corrected chi connectivity index (χ1v) is 12.9. The Labute approximate surface area is 176 Å². The molecule has 0 radical (unpaired) electrons. The Balaban J connectivity index is 1.43. The van der Waals surface area contributed by atoms with Gasteiger partial charge in [0.1, 0.15) is 0 Å². The molecule has 3 aliphatic rings. The molecule has 9 heteroatoms. The molecule has 0 aromatic carbocycles. The highest BCUT2D eigenvalue weighted by Crippen LogP contribution is 2.44. The van der Waals surface area contributed by atoms with Crippen LogP contribution in [0.1, 0.15) is 82.1 Å². The number of halogens is 3. The summed E-state index contributed by atoms with van der Waals surface area (Å²) in [5, 5.41) is 3.85. The van der Waals surface area contributed by atoms with Crippen LogP contribution in [0.2, 0.25) is 0 Å². The average molecular weight is 448 g/mol.